The molecule has 1 aromatic carbocycles. The lowest BCUT2D eigenvalue weighted by atomic mass is 10.2. The number of aromatic nitrogens is 1. The van der Waals surface area contributed by atoms with E-state index in [9.17, 15) is 0 Å². The van der Waals surface area contributed by atoms with Gasteiger partial charge < -0.3 is 4.90 Å². The van der Waals surface area contributed by atoms with Crippen LogP contribution in [0.1, 0.15) is 16.8 Å². The van der Waals surface area contributed by atoms with Gasteiger partial charge in [0.1, 0.15) is 4.99 Å². The molecular weight excluding hydrogens is 308 g/mol. The zero-order chi connectivity index (χ0) is 15.1. The molecule has 0 aliphatic carbocycles. The maximum absolute atomic E-state index is 5.64. The summed E-state index contributed by atoms with van der Waals surface area (Å²) in [5.74, 6) is 0. The van der Waals surface area contributed by atoms with Crippen molar-refractivity contribution >= 4 is 34.2 Å². The minimum atomic E-state index is 0.746. The molecule has 2 nitrogen and oxygen atoms in total. The third kappa shape index (κ3) is 2.25. The molecule has 0 bridgehead atoms. The van der Waals surface area contributed by atoms with Crippen molar-refractivity contribution in [3.05, 3.63) is 70.7 Å². The van der Waals surface area contributed by atoms with Gasteiger partial charge in [-0.3, -0.25) is 0 Å². The second-order valence-electron chi connectivity index (χ2n) is 5.39. The third-order valence-electron chi connectivity index (χ3n) is 3.88. The summed E-state index contributed by atoms with van der Waals surface area (Å²) >= 11 is 7.35. The Labute approximate surface area is 139 Å². The number of fused-ring (bicyclic) bond motifs is 1. The smallest absolute Gasteiger partial charge is 0.115 e. The Hall–Kier alpha value is -2.04. The van der Waals surface area contributed by atoms with Crippen LogP contribution in [0.5, 0.6) is 0 Å². The molecule has 0 amide bonds. The van der Waals surface area contributed by atoms with Crippen LogP contribution in [-0.4, -0.2) is 9.97 Å². The molecule has 4 heteroatoms. The Bertz CT molecular complexity index is 836. The van der Waals surface area contributed by atoms with Crippen LogP contribution in [0.2, 0.25) is 0 Å². The van der Waals surface area contributed by atoms with Crippen molar-refractivity contribution in [1.82, 2.24) is 4.98 Å². The lowest BCUT2D eigenvalue weighted by molar-refractivity contribution is 1.00. The van der Waals surface area contributed by atoms with Crippen molar-refractivity contribution in [3.8, 4) is 10.6 Å². The van der Waals surface area contributed by atoms with E-state index in [1.165, 1.54) is 10.4 Å². The van der Waals surface area contributed by atoms with Crippen molar-refractivity contribution < 1.29 is 0 Å². The predicted molar refractivity (Wildman–Crippen MR) is 96.6 cm³/mol. The third-order valence-corrected chi connectivity index (χ3v) is 5.21. The first kappa shape index (κ1) is 13.6. The van der Waals surface area contributed by atoms with Crippen LogP contribution in [0.25, 0.3) is 10.6 Å². The maximum atomic E-state index is 5.64. The number of anilines is 1. The van der Waals surface area contributed by atoms with Crippen LogP contribution < -0.4 is 4.90 Å². The normalized spacial score (nSPS) is 13.5. The van der Waals surface area contributed by atoms with Gasteiger partial charge in [-0.15, -0.1) is 11.3 Å². The lowest BCUT2D eigenvalue weighted by Gasteiger charge is -2.17. The first-order valence-corrected chi connectivity index (χ1v) is 8.43. The summed E-state index contributed by atoms with van der Waals surface area (Å²) in [7, 11) is 0. The summed E-state index contributed by atoms with van der Waals surface area (Å²) in [6.07, 6.45) is 0. The fourth-order valence-corrected chi connectivity index (χ4v) is 3.73. The van der Waals surface area contributed by atoms with Crippen molar-refractivity contribution in [3.63, 3.8) is 0 Å². The first-order valence-electron chi connectivity index (χ1n) is 7.15. The van der Waals surface area contributed by atoms with E-state index in [2.05, 4.69) is 65.7 Å². The summed E-state index contributed by atoms with van der Waals surface area (Å²) in [6.45, 7) is 2.84. The zero-order valence-corrected chi connectivity index (χ0v) is 13.7. The summed E-state index contributed by atoms with van der Waals surface area (Å²) in [4.78, 5) is 9.04. The Morgan fingerprint density at radius 2 is 1.91 bits per heavy atom. The molecule has 0 saturated carbocycles. The van der Waals surface area contributed by atoms with Gasteiger partial charge in [-0.1, -0.05) is 36.0 Å². The van der Waals surface area contributed by atoms with Gasteiger partial charge in [0.2, 0.25) is 0 Å². The summed E-state index contributed by atoms with van der Waals surface area (Å²) < 4.78 is 0. The summed E-state index contributed by atoms with van der Waals surface area (Å²) in [6, 6.07) is 16.8. The van der Waals surface area contributed by atoms with E-state index >= 15 is 0 Å². The zero-order valence-electron chi connectivity index (χ0n) is 12.1. The van der Waals surface area contributed by atoms with E-state index < -0.39 is 0 Å². The molecule has 3 heterocycles. The van der Waals surface area contributed by atoms with E-state index in [1.54, 1.807) is 11.3 Å². The predicted octanol–water partition coefficient (Wildman–Crippen LogP) is 4.81. The number of benzene rings is 1. The van der Waals surface area contributed by atoms with E-state index in [4.69, 9.17) is 17.2 Å². The number of pyridine rings is 1. The topological polar surface area (TPSA) is 16.1 Å². The molecule has 0 unspecified atom stereocenters. The number of thiocarbonyl (C=S) groups is 1. The molecule has 0 N–H and O–H groups in total. The number of hydrogen-bond donors (Lipinski definition) is 0. The van der Waals surface area contributed by atoms with Crippen LogP contribution in [0, 0.1) is 6.92 Å². The van der Waals surface area contributed by atoms with Gasteiger partial charge in [0.25, 0.3) is 0 Å². The minimum absolute atomic E-state index is 0.746. The molecule has 0 atom stereocenters. The van der Waals surface area contributed by atoms with Crippen LogP contribution in [0.4, 0.5) is 5.69 Å². The molecule has 22 heavy (non-hydrogen) atoms. The number of nitrogens with zero attached hydrogens (tertiary/aromatic N) is 2. The van der Waals surface area contributed by atoms with Crippen molar-refractivity contribution in [2.45, 2.75) is 13.5 Å². The molecule has 0 radical (unpaired) electrons. The maximum Gasteiger partial charge on any atom is 0.115 e. The van der Waals surface area contributed by atoms with Crippen LogP contribution in [-0.2, 0) is 6.54 Å². The van der Waals surface area contributed by atoms with Gasteiger partial charge >= 0.3 is 0 Å². The monoisotopic (exact) mass is 322 g/mol. The quantitative estimate of drug-likeness (QED) is 0.630. The Balaban J connectivity index is 1.70. The second kappa shape index (κ2) is 5.30. The van der Waals surface area contributed by atoms with Crippen LogP contribution in [0.15, 0.2) is 53.9 Å². The van der Waals surface area contributed by atoms with Crippen molar-refractivity contribution in [2.24, 2.45) is 0 Å². The van der Waals surface area contributed by atoms with Crippen LogP contribution in [0.3, 0.4) is 0 Å². The fraction of sp³-hybridized carbons (Fsp3) is 0.111. The van der Waals surface area contributed by atoms with Crippen molar-refractivity contribution in [2.75, 3.05) is 4.90 Å². The molecule has 0 saturated heterocycles. The SMILES string of the molecule is Cc1ccc(N2Cc3nc(-c4cccs4)ccc3C2=S)cc1. The average molecular weight is 322 g/mol. The molecule has 0 fully saturated rings. The minimum Gasteiger partial charge on any atom is -0.326 e. The van der Waals surface area contributed by atoms with Gasteiger partial charge in [0, 0.05) is 11.3 Å². The molecule has 3 aromatic rings. The summed E-state index contributed by atoms with van der Waals surface area (Å²) in [5.41, 5.74) is 5.56. The molecule has 2 aromatic heterocycles. The molecular formula is C18H14N2S2. The number of aryl methyl sites for hydroxylation is 1. The highest BCUT2D eigenvalue weighted by Crippen LogP contribution is 2.31. The van der Waals surface area contributed by atoms with E-state index in [0.29, 0.717) is 0 Å². The molecule has 108 valence electrons. The molecule has 0 spiro atoms. The standard InChI is InChI=1S/C18H14N2S2/c1-12-4-6-13(7-5-12)20-11-16-14(18(20)21)8-9-15(19-16)17-3-2-10-22-17/h2-10H,11H2,1H3. The van der Waals surface area contributed by atoms with Crippen molar-refractivity contribution in [1.29, 1.82) is 0 Å². The Morgan fingerprint density at radius 3 is 2.64 bits per heavy atom. The van der Waals surface area contributed by atoms with Gasteiger partial charge in [-0.2, -0.15) is 0 Å². The van der Waals surface area contributed by atoms with Gasteiger partial charge in [-0.25, -0.2) is 4.98 Å². The molecule has 1 aliphatic rings. The van der Waals surface area contributed by atoms with Gasteiger partial charge in [0.05, 0.1) is 22.8 Å². The van der Waals surface area contributed by atoms with Gasteiger partial charge in [0.15, 0.2) is 0 Å². The fourth-order valence-electron chi connectivity index (χ4n) is 2.68. The van der Waals surface area contributed by atoms with Gasteiger partial charge in [-0.05, 0) is 42.6 Å². The number of thiophene rings is 1. The highest BCUT2D eigenvalue weighted by atomic mass is 32.1. The highest BCUT2D eigenvalue weighted by molar-refractivity contribution is 7.81. The number of rotatable bonds is 2. The van der Waals surface area contributed by atoms with E-state index in [1.807, 2.05) is 0 Å². The lowest BCUT2D eigenvalue weighted by Crippen LogP contribution is -2.21. The summed E-state index contributed by atoms with van der Waals surface area (Å²) in [5, 5.41) is 2.08. The average Bonchev–Trinajstić information content (AvgIpc) is 3.16. The Kier molecular flexibility index (Phi) is 3.28. The molecule has 4 rings (SSSR count). The largest absolute Gasteiger partial charge is 0.326 e. The van der Waals surface area contributed by atoms with E-state index in [-0.39, 0.29) is 0 Å². The number of hydrogen-bond acceptors (Lipinski definition) is 3. The van der Waals surface area contributed by atoms with Crippen LogP contribution >= 0.6 is 23.6 Å². The Morgan fingerprint density at radius 1 is 1.09 bits per heavy atom. The first-order chi connectivity index (χ1) is 10.7. The molecule has 1 aliphatic heterocycles. The highest BCUT2D eigenvalue weighted by Gasteiger charge is 2.26. The van der Waals surface area contributed by atoms with E-state index in [0.717, 1.165) is 34.2 Å². The second-order valence-corrected chi connectivity index (χ2v) is 6.73.